The van der Waals surface area contributed by atoms with Gasteiger partial charge in [0.05, 0.1) is 73.6 Å². The Bertz CT molecular complexity index is 7340. The average Bonchev–Trinajstić information content (AvgIpc) is 1.66. The number of ketones is 2. The van der Waals surface area contributed by atoms with Crippen molar-refractivity contribution in [2.24, 2.45) is 0 Å². The van der Waals surface area contributed by atoms with E-state index < -0.39 is 65.3 Å². The summed E-state index contributed by atoms with van der Waals surface area (Å²) in [5.41, 5.74) is 16.5. The Labute approximate surface area is 923 Å². The number of fused-ring (bicyclic) bond motifs is 4. The summed E-state index contributed by atoms with van der Waals surface area (Å²) in [6.07, 6.45) is 3.52. The molecule has 46 nitrogen and oxygen atoms in total. The molecule has 0 radical (unpaired) electrons. The maximum atomic E-state index is 12.2. The van der Waals surface area contributed by atoms with Crippen molar-refractivity contribution in [1.29, 1.82) is 0 Å². The van der Waals surface area contributed by atoms with Gasteiger partial charge in [-0.25, -0.2) is 66.8 Å². The second kappa shape index (κ2) is 63.2. The molecule has 16 aromatic rings. The number of aromatic nitrogens is 16. The molecule has 0 bridgehead atoms. The molecule has 0 aliphatic heterocycles. The standard InChI is InChI=1S/C15H12ClN3O3.C15H13N3O3.C13H8ClN3O3.C13H9N3O3.C11H11ClO3.C11H12O3.2C6H9N3O2.2C2H4O2.2K.2H2O.2H2/c1-2-22-15(21)10-8-17-19-13(20)7-12(18-14(10)19)9-5-3-4-6-11(9)16;1-2-21-15(20)12-8-13-16-11(9-14(19)18(13)17-12)10-6-4-3-5-7-10;14-9-4-2-1-3-7(9)10-5-11(18)17-12(16-10)8(6-15-17)13(19)20;17-12-7-9(8-4-2-1-3-5-8)14-11-6-10(13(18)19)15-16(11)12;1-2-15-11(14)7-10(13)8-5-3-4-6-9(8)12;1-2-14-11(13)8-10(12)9-6-4-3-5-7-9;1-2-11-6(10)4-3-8-9-5(4)7;1-2-11-6(10)4-3-5(7)9-8-4;2*1-2(3)4;;;;;;/h3-8,17H,2H2,1H3;3-9,17H,2H2,1H3;1-6,15H,(H,19,20);1-7,15H,(H,18,19);3-6H,2,7H2,1H3;3-7H,2,8H2,1H3;2*3H,2H2,1H3,(H3,7,8,9);2*1H3,(H,3,4);;;2*1H2;2*1H/q;;;;;;;;;;2*+1;;;;/p-2/i;;;;;;;;;;;;;;2*1+1. The second-order valence-electron chi connectivity index (χ2n) is 27.6. The molecule has 0 aliphatic carbocycles. The third-order valence-electron chi connectivity index (χ3n) is 17.5. The number of nitrogens with one attached hydrogen (secondary N) is 6. The molecular weight excluding hydrogens is 2010 g/mol. The van der Waals surface area contributed by atoms with Crippen LogP contribution in [0.1, 0.15) is 154 Å². The number of Topliss-reactive ketones (excluding diaryl/α,β-unsaturated/α-hetero) is 2. The number of halogens is 3. The molecule has 0 fully saturated rings. The molecule has 10 heterocycles. The molecule has 754 valence electrons. The zero-order valence-electron chi connectivity index (χ0n) is 78.9. The van der Waals surface area contributed by atoms with E-state index in [0.29, 0.717) is 85.6 Å². The topological polar surface area (TPSA) is 711 Å². The van der Waals surface area contributed by atoms with Crippen LogP contribution in [0, 0.1) is 0 Å². The van der Waals surface area contributed by atoms with Crippen LogP contribution in [0.5, 0.6) is 0 Å². The SMILES string of the molecule is CC(=O)O.CC(=O)O.CCOC(=O)CC(=O)c1ccccc1.CCOC(=O)CC(=O)c1ccccc1Cl.CCOC(=O)c1c[nH]n2c(=O)cc(-c3ccccc3Cl)nc12.CCOC(=O)c1cc(N)n[nH]1.CCOC(=O)c1cc2nc(-c3ccccc3)cc(=O)n2[nH]1.CCOC(=O)c1cn[nH]c1N.O=C(O)c1c[nH]n2c(=O)cc(-c3ccccc3Cl)nc12.O=C(O)c1cc2nc(-c3ccccc3)cc(=O)n2[nH]1.[2HH].[2HH].[K+].[K+].[OH-].[OH-]. The average molecular weight is 2110 g/mol. The van der Waals surface area contributed by atoms with Crippen LogP contribution in [0.3, 0.4) is 0 Å². The van der Waals surface area contributed by atoms with Crippen LogP contribution in [0.15, 0.2) is 244 Å². The zero-order valence-corrected chi connectivity index (χ0v) is 87.5. The van der Waals surface area contributed by atoms with Crippen LogP contribution < -0.4 is 136 Å². The van der Waals surface area contributed by atoms with Crippen molar-refractivity contribution < 1.29 is 223 Å². The fourth-order valence-electron chi connectivity index (χ4n) is 11.5. The normalized spacial score (nSPS) is 9.81. The number of anilines is 2. The van der Waals surface area contributed by atoms with Gasteiger partial charge in [-0.05, 0) is 65.8 Å². The Morgan fingerprint density at radius 3 is 1.14 bits per heavy atom. The van der Waals surface area contributed by atoms with E-state index in [0.717, 1.165) is 34.0 Å². The number of nitrogens with two attached hydrogens (primary N) is 2. The number of nitrogens with zero attached hydrogens (tertiary/aromatic N) is 10. The number of carboxylic acid groups (broad SMARTS) is 4. The Balaban J connectivity index is 0.000000834. The summed E-state index contributed by atoms with van der Waals surface area (Å²) in [5.74, 6) is -6.88. The van der Waals surface area contributed by atoms with Gasteiger partial charge >= 0.3 is 151 Å². The third-order valence-corrected chi connectivity index (χ3v) is 18.5. The predicted octanol–water partition coefficient (Wildman–Crippen LogP) is 6.78. The van der Waals surface area contributed by atoms with Crippen LogP contribution in [0.2, 0.25) is 15.1 Å². The molecule has 0 spiro atoms. The molecule has 0 saturated carbocycles. The summed E-state index contributed by atoms with van der Waals surface area (Å²) in [6, 6.07) is 57.6. The Kier molecular flexibility index (Phi) is 54.2. The van der Waals surface area contributed by atoms with Crippen LogP contribution in [0.4, 0.5) is 11.6 Å². The smallest absolute Gasteiger partial charge is 0.870 e. The Hall–Kier alpha value is -14.9. The molecule has 6 aromatic carbocycles. The van der Waals surface area contributed by atoms with Gasteiger partial charge in [-0.3, -0.25) is 78.5 Å². The van der Waals surface area contributed by atoms with Crippen molar-refractivity contribution in [2.75, 3.05) is 51.1 Å². The van der Waals surface area contributed by atoms with Crippen LogP contribution in [-0.2, 0) is 47.6 Å². The minimum absolute atomic E-state index is 0. The Morgan fingerprint density at radius 1 is 0.379 bits per heavy atom. The molecule has 16 N–H and O–H groups in total. The van der Waals surface area contributed by atoms with Gasteiger partial charge in [-0.1, -0.05) is 174 Å². The maximum Gasteiger partial charge on any atom is 1.00 e. The van der Waals surface area contributed by atoms with Crippen molar-refractivity contribution in [2.45, 2.75) is 68.2 Å². The monoisotopic (exact) mass is 2110 g/mol. The summed E-state index contributed by atoms with van der Waals surface area (Å²) >= 11 is 18.0. The van der Waals surface area contributed by atoms with Gasteiger partial charge in [0.2, 0.25) is 0 Å². The Morgan fingerprint density at radius 2 is 0.738 bits per heavy atom. The van der Waals surface area contributed by atoms with E-state index in [1.54, 1.807) is 139 Å². The first kappa shape index (κ1) is 124. The van der Waals surface area contributed by atoms with Crippen molar-refractivity contribution in [3.8, 4) is 45.0 Å². The summed E-state index contributed by atoms with van der Waals surface area (Å²) < 4.78 is 33.2. The number of H-pyrrole nitrogens is 6. The fraction of sp³-hybridized carbons (Fsp3) is 0.170. The quantitative estimate of drug-likeness (QED) is 0.0109. The van der Waals surface area contributed by atoms with Crippen molar-refractivity contribution >= 4 is 140 Å². The number of aromatic amines is 6. The van der Waals surface area contributed by atoms with Gasteiger partial charge in [-0.2, -0.15) is 10.2 Å². The number of carbonyl (C=O) groups is 12. The number of nitrogen functional groups attached to an aromatic ring is 2. The molecule has 0 unspecified atom stereocenters. The zero-order chi connectivity index (χ0) is 104. The van der Waals surface area contributed by atoms with Gasteiger partial charge in [0, 0.05) is 115 Å². The first-order valence-corrected chi connectivity index (χ1v) is 42.9. The maximum absolute atomic E-state index is 12.2. The number of esters is 6. The van der Waals surface area contributed by atoms with Gasteiger partial charge in [0.1, 0.15) is 58.2 Å². The van der Waals surface area contributed by atoms with E-state index in [9.17, 15) is 67.1 Å². The first-order chi connectivity index (χ1) is 67.4. The summed E-state index contributed by atoms with van der Waals surface area (Å²) in [7, 11) is 0. The van der Waals surface area contributed by atoms with E-state index in [1.807, 2.05) is 66.7 Å². The largest absolute Gasteiger partial charge is 1.00 e. The number of aromatic carboxylic acids is 2. The first-order valence-electron chi connectivity index (χ1n) is 41.8. The fourth-order valence-corrected chi connectivity index (χ4v) is 12.2. The summed E-state index contributed by atoms with van der Waals surface area (Å²) in [4.78, 5) is 196. The van der Waals surface area contributed by atoms with Crippen LogP contribution in [-0.4, -0.2) is 221 Å². The van der Waals surface area contributed by atoms with Gasteiger partial charge in [-0.15, -0.1) is 0 Å². The molecule has 0 aliphatic rings. The molecule has 0 amide bonds. The van der Waals surface area contributed by atoms with Gasteiger partial charge < -0.3 is 71.3 Å². The predicted molar refractivity (Wildman–Crippen MR) is 523 cm³/mol. The minimum atomic E-state index is -1.16. The molecule has 16 rings (SSSR count). The van der Waals surface area contributed by atoms with E-state index in [4.69, 9.17) is 85.8 Å². The number of ether oxygens (including phenoxy) is 6. The van der Waals surface area contributed by atoms with E-state index in [2.05, 4.69) is 79.7 Å². The van der Waals surface area contributed by atoms with E-state index >= 15 is 0 Å². The molecule has 0 saturated heterocycles. The van der Waals surface area contributed by atoms with Crippen LogP contribution >= 0.6 is 34.8 Å². The van der Waals surface area contributed by atoms with E-state index in [1.165, 1.54) is 70.1 Å². The van der Waals surface area contributed by atoms with Crippen molar-refractivity contribution in [1.82, 2.24) is 78.8 Å². The second-order valence-corrected chi connectivity index (χ2v) is 28.8. The number of aliphatic carboxylic acids is 2. The van der Waals surface area contributed by atoms with Gasteiger partial charge in [0.25, 0.3) is 34.2 Å². The number of hydrogen-bond acceptors (Lipinski definition) is 32. The number of hydrogen-bond donors (Lipinski definition) is 12. The van der Waals surface area contributed by atoms with Crippen molar-refractivity contribution in [3.63, 3.8) is 0 Å². The molecular formula is C94H97Cl3K2N18O28. The number of benzene rings is 6. The minimum Gasteiger partial charge on any atom is -0.870 e. The van der Waals surface area contributed by atoms with E-state index in [-0.39, 0.29) is 240 Å². The molecule has 10 aromatic heterocycles. The molecule has 51 heteroatoms. The van der Waals surface area contributed by atoms with Gasteiger partial charge in [0.15, 0.2) is 34.2 Å². The summed E-state index contributed by atoms with van der Waals surface area (Å²) in [6.45, 7) is 14.2. The summed E-state index contributed by atoms with van der Waals surface area (Å²) in [5, 5.41) is 56.5. The third kappa shape index (κ3) is 38.4. The number of carboxylic acids is 4. The van der Waals surface area contributed by atoms with Crippen LogP contribution in [0.25, 0.3) is 67.6 Å². The molecule has 145 heavy (non-hydrogen) atoms. The van der Waals surface area contributed by atoms with Crippen molar-refractivity contribution in [3.05, 3.63) is 326 Å². The number of carbonyl (C=O) groups excluding carboxylic acids is 8. The molecule has 0 atom stereocenters. The number of rotatable bonds is 22.